The molecule has 0 aromatic heterocycles. The highest BCUT2D eigenvalue weighted by Gasteiger charge is 2.23. The second-order valence-electron chi connectivity index (χ2n) is 5.13. The molecule has 3 rings (SSSR count). The Balaban J connectivity index is 2.09. The number of nitrogens with two attached hydrogens (primary N) is 1. The third-order valence-corrected chi connectivity index (χ3v) is 4.21. The van der Waals surface area contributed by atoms with Gasteiger partial charge in [-0.3, -0.25) is 0 Å². The van der Waals surface area contributed by atoms with Crippen molar-refractivity contribution in [1.29, 1.82) is 0 Å². The molecule has 0 aliphatic carbocycles. The lowest BCUT2D eigenvalue weighted by Gasteiger charge is -2.21. The van der Waals surface area contributed by atoms with Crippen LogP contribution in [0.15, 0.2) is 36.4 Å². The van der Waals surface area contributed by atoms with Crippen LogP contribution in [-0.4, -0.2) is 31.3 Å². The molecule has 2 aromatic rings. The summed E-state index contributed by atoms with van der Waals surface area (Å²) >= 11 is 5.15. The van der Waals surface area contributed by atoms with Crippen LogP contribution in [0.3, 0.4) is 0 Å². The number of hydrogen-bond acceptors (Lipinski definition) is 3. The molecule has 4 heteroatoms. The first-order valence-electron chi connectivity index (χ1n) is 6.80. The summed E-state index contributed by atoms with van der Waals surface area (Å²) in [6.45, 7) is 1.96. The lowest BCUT2D eigenvalue weighted by Crippen LogP contribution is -2.22. The second kappa shape index (κ2) is 5.38. The van der Waals surface area contributed by atoms with E-state index in [-0.39, 0.29) is 0 Å². The smallest absolute Gasteiger partial charge is 0.104 e. The average Bonchev–Trinajstić information content (AvgIpc) is 2.94. The molecule has 1 aliphatic rings. The van der Waals surface area contributed by atoms with E-state index >= 15 is 0 Å². The fourth-order valence-corrected chi connectivity index (χ4v) is 3.09. The van der Waals surface area contributed by atoms with Crippen LogP contribution in [-0.2, 0) is 4.74 Å². The standard InChI is InChI=1S/C16H18N2OS/c1-19-11-8-9-18(10-11)15-7-6-14(16(17)20)12-4-2-3-5-13(12)15/h2-7,11H,8-10H2,1H3,(H2,17,20). The van der Waals surface area contributed by atoms with Gasteiger partial charge in [-0.1, -0.05) is 36.5 Å². The lowest BCUT2D eigenvalue weighted by atomic mass is 10.0. The van der Waals surface area contributed by atoms with Gasteiger partial charge in [0.05, 0.1) is 6.10 Å². The minimum Gasteiger partial charge on any atom is -0.389 e. The maximum absolute atomic E-state index is 5.82. The van der Waals surface area contributed by atoms with Crippen molar-refractivity contribution in [3.8, 4) is 0 Å². The van der Waals surface area contributed by atoms with Crippen molar-refractivity contribution in [2.75, 3.05) is 25.1 Å². The van der Waals surface area contributed by atoms with Crippen molar-refractivity contribution in [1.82, 2.24) is 0 Å². The van der Waals surface area contributed by atoms with E-state index in [9.17, 15) is 0 Å². The molecule has 0 spiro atoms. The van der Waals surface area contributed by atoms with E-state index in [1.54, 1.807) is 7.11 Å². The molecule has 1 heterocycles. The van der Waals surface area contributed by atoms with Crippen LogP contribution in [0, 0.1) is 0 Å². The molecule has 2 N–H and O–H groups in total. The van der Waals surface area contributed by atoms with E-state index in [0.29, 0.717) is 11.1 Å². The summed E-state index contributed by atoms with van der Waals surface area (Å²) in [5.41, 5.74) is 8.01. The molecule has 3 nitrogen and oxygen atoms in total. The number of methoxy groups -OCH3 is 1. The second-order valence-corrected chi connectivity index (χ2v) is 5.57. The zero-order valence-electron chi connectivity index (χ0n) is 11.5. The molecule has 2 aromatic carbocycles. The maximum atomic E-state index is 5.82. The lowest BCUT2D eigenvalue weighted by molar-refractivity contribution is 0.121. The largest absolute Gasteiger partial charge is 0.389 e. The van der Waals surface area contributed by atoms with Crippen LogP contribution in [0.1, 0.15) is 12.0 Å². The molecule has 1 unspecified atom stereocenters. The number of ether oxygens (including phenoxy) is 1. The first kappa shape index (κ1) is 13.3. The number of hydrogen-bond donors (Lipinski definition) is 1. The van der Waals surface area contributed by atoms with Gasteiger partial charge >= 0.3 is 0 Å². The van der Waals surface area contributed by atoms with E-state index in [1.165, 1.54) is 11.1 Å². The number of fused-ring (bicyclic) bond motifs is 1. The minimum absolute atomic E-state index is 0.323. The summed E-state index contributed by atoms with van der Waals surface area (Å²) in [6.07, 6.45) is 1.39. The summed E-state index contributed by atoms with van der Waals surface area (Å²) in [6, 6.07) is 12.4. The normalized spacial score (nSPS) is 18.6. The van der Waals surface area contributed by atoms with Crippen molar-refractivity contribution in [3.63, 3.8) is 0 Å². The molecule has 104 valence electrons. The van der Waals surface area contributed by atoms with Gasteiger partial charge in [0, 0.05) is 36.8 Å². The van der Waals surface area contributed by atoms with Crippen LogP contribution in [0.2, 0.25) is 0 Å². The van der Waals surface area contributed by atoms with Gasteiger partial charge in [0.2, 0.25) is 0 Å². The summed E-state index contributed by atoms with van der Waals surface area (Å²) in [5.74, 6) is 0. The Morgan fingerprint density at radius 2 is 2.00 bits per heavy atom. The number of anilines is 1. The summed E-state index contributed by atoms with van der Waals surface area (Å²) < 4.78 is 5.45. The van der Waals surface area contributed by atoms with Crippen LogP contribution >= 0.6 is 12.2 Å². The van der Waals surface area contributed by atoms with Gasteiger partial charge in [-0.15, -0.1) is 0 Å². The van der Waals surface area contributed by atoms with Crippen molar-refractivity contribution in [2.45, 2.75) is 12.5 Å². The van der Waals surface area contributed by atoms with Crippen LogP contribution in [0.25, 0.3) is 10.8 Å². The fraction of sp³-hybridized carbons (Fsp3) is 0.312. The van der Waals surface area contributed by atoms with Crippen LogP contribution in [0.4, 0.5) is 5.69 Å². The van der Waals surface area contributed by atoms with Crippen molar-refractivity contribution in [3.05, 3.63) is 42.0 Å². The number of rotatable bonds is 3. The maximum Gasteiger partial charge on any atom is 0.104 e. The van der Waals surface area contributed by atoms with Crippen molar-refractivity contribution >= 4 is 33.7 Å². The van der Waals surface area contributed by atoms with E-state index in [2.05, 4.69) is 29.2 Å². The Morgan fingerprint density at radius 3 is 2.65 bits per heavy atom. The molecule has 0 amide bonds. The highest BCUT2D eigenvalue weighted by Crippen LogP contribution is 2.32. The third kappa shape index (κ3) is 2.25. The Labute approximate surface area is 124 Å². The molecule has 20 heavy (non-hydrogen) atoms. The fourth-order valence-electron chi connectivity index (χ4n) is 2.91. The molecule has 1 atom stereocenters. The van der Waals surface area contributed by atoms with E-state index < -0.39 is 0 Å². The Bertz CT molecular complexity index is 656. The molecule has 0 radical (unpaired) electrons. The Morgan fingerprint density at radius 1 is 1.25 bits per heavy atom. The zero-order valence-corrected chi connectivity index (χ0v) is 12.3. The van der Waals surface area contributed by atoms with Crippen molar-refractivity contribution < 1.29 is 4.74 Å². The summed E-state index contributed by atoms with van der Waals surface area (Å²) in [5, 5.41) is 2.33. The predicted molar refractivity (Wildman–Crippen MR) is 87.5 cm³/mol. The highest BCUT2D eigenvalue weighted by atomic mass is 32.1. The average molecular weight is 286 g/mol. The first-order valence-corrected chi connectivity index (χ1v) is 7.21. The van der Waals surface area contributed by atoms with E-state index in [0.717, 1.165) is 30.5 Å². The predicted octanol–water partition coefficient (Wildman–Crippen LogP) is 2.70. The quantitative estimate of drug-likeness (QED) is 0.881. The number of benzene rings is 2. The van der Waals surface area contributed by atoms with E-state index in [1.807, 2.05) is 12.1 Å². The topological polar surface area (TPSA) is 38.5 Å². The number of thiocarbonyl (C=S) groups is 1. The van der Waals surface area contributed by atoms with Gasteiger partial charge < -0.3 is 15.4 Å². The molecule has 1 aliphatic heterocycles. The molecule has 1 saturated heterocycles. The number of nitrogens with zero attached hydrogens (tertiary/aromatic N) is 1. The summed E-state index contributed by atoms with van der Waals surface area (Å²) in [7, 11) is 1.78. The van der Waals surface area contributed by atoms with Gasteiger partial charge in [0.1, 0.15) is 4.99 Å². The van der Waals surface area contributed by atoms with Gasteiger partial charge in [0.25, 0.3) is 0 Å². The van der Waals surface area contributed by atoms with Crippen LogP contribution in [0.5, 0.6) is 0 Å². The van der Waals surface area contributed by atoms with Gasteiger partial charge in [-0.2, -0.15) is 0 Å². The molecule has 1 fully saturated rings. The Hall–Kier alpha value is -1.65. The van der Waals surface area contributed by atoms with Gasteiger partial charge in [-0.05, 0) is 23.9 Å². The first-order chi connectivity index (χ1) is 9.70. The van der Waals surface area contributed by atoms with Crippen LogP contribution < -0.4 is 10.6 Å². The third-order valence-electron chi connectivity index (χ3n) is 3.99. The zero-order chi connectivity index (χ0) is 14.1. The molecule has 0 saturated carbocycles. The van der Waals surface area contributed by atoms with Crippen molar-refractivity contribution in [2.24, 2.45) is 5.73 Å². The summed E-state index contributed by atoms with van der Waals surface area (Å²) in [4.78, 5) is 2.82. The monoisotopic (exact) mass is 286 g/mol. The Kier molecular flexibility index (Phi) is 3.59. The van der Waals surface area contributed by atoms with Gasteiger partial charge in [0.15, 0.2) is 0 Å². The molecule has 0 bridgehead atoms. The molecular weight excluding hydrogens is 268 g/mol. The SMILES string of the molecule is COC1CCN(c2ccc(C(N)=S)c3ccccc23)C1. The highest BCUT2D eigenvalue weighted by molar-refractivity contribution is 7.80. The van der Waals surface area contributed by atoms with E-state index in [4.69, 9.17) is 22.7 Å². The van der Waals surface area contributed by atoms with Gasteiger partial charge in [-0.25, -0.2) is 0 Å². The molecular formula is C16H18N2OS. The minimum atomic E-state index is 0.323.